The van der Waals surface area contributed by atoms with E-state index in [4.69, 9.17) is 9.47 Å². The largest absolute Gasteiger partial charge is 0.497 e. The molecule has 0 atom stereocenters. The smallest absolute Gasteiger partial charge is 0.175 e. The summed E-state index contributed by atoms with van der Waals surface area (Å²) in [5, 5.41) is 9.47. The molecule has 1 saturated carbocycles. The first-order chi connectivity index (χ1) is 8.66. The van der Waals surface area contributed by atoms with Crippen LogP contribution < -0.4 is 9.47 Å². The summed E-state index contributed by atoms with van der Waals surface area (Å²) in [6.07, 6.45) is 2.46. The minimum Gasteiger partial charge on any atom is -0.497 e. The summed E-state index contributed by atoms with van der Waals surface area (Å²) in [6.45, 7) is -0.105. The van der Waals surface area contributed by atoms with Gasteiger partial charge in [-0.2, -0.15) is 0 Å². The quantitative estimate of drug-likeness (QED) is 0.813. The topological polar surface area (TPSA) is 55.8 Å². The second kappa shape index (κ2) is 4.98. The summed E-state index contributed by atoms with van der Waals surface area (Å²) in [4.78, 5) is 12.5. The zero-order valence-corrected chi connectivity index (χ0v) is 10.7. The van der Waals surface area contributed by atoms with Crippen LogP contribution in [0.2, 0.25) is 0 Å². The van der Waals surface area contributed by atoms with Crippen LogP contribution in [0.4, 0.5) is 0 Å². The van der Waals surface area contributed by atoms with Gasteiger partial charge in [0.05, 0.1) is 31.8 Å². The van der Waals surface area contributed by atoms with E-state index in [0.29, 0.717) is 17.1 Å². The third kappa shape index (κ3) is 1.97. The SMILES string of the molecule is COc1ccc(OC)c(C(=O)C2(CO)CCC2)c1. The van der Waals surface area contributed by atoms with Crippen molar-refractivity contribution in [3.63, 3.8) is 0 Å². The molecule has 0 unspecified atom stereocenters. The highest BCUT2D eigenvalue weighted by Gasteiger charge is 2.44. The fraction of sp³-hybridized carbons (Fsp3) is 0.500. The maximum Gasteiger partial charge on any atom is 0.175 e. The molecule has 4 heteroatoms. The first-order valence-corrected chi connectivity index (χ1v) is 6.04. The van der Waals surface area contributed by atoms with E-state index in [1.807, 2.05) is 0 Å². The number of carbonyl (C=O) groups is 1. The summed E-state index contributed by atoms with van der Waals surface area (Å²) in [5.74, 6) is 1.10. The highest BCUT2D eigenvalue weighted by atomic mass is 16.5. The zero-order chi connectivity index (χ0) is 13.2. The third-order valence-electron chi connectivity index (χ3n) is 3.75. The van der Waals surface area contributed by atoms with Gasteiger partial charge < -0.3 is 14.6 Å². The van der Waals surface area contributed by atoms with E-state index in [-0.39, 0.29) is 12.4 Å². The molecule has 0 aliphatic heterocycles. The Morgan fingerprint density at radius 2 is 2.06 bits per heavy atom. The monoisotopic (exact) mass is 250 g/mol. The van der Waals surface area contributed by atoms with Gasteiger partial charge in [0.2, 0.25) is 0 Å². The number of aliphatic hydroxyl groups is 1. The molecular weight excluding hydrogens is 232 g/mol. The predicted molar refractivity (Wildman–Crippen MR) is 67.2 cm³/mol. The van der Waals surface area contributed by atoms with Crippen molar-refractivity contribution in [1.82, 2.24) is 0 Å². The molecule has 0 radical (unpaired) electrons. The van der Waals surface area contributed by atoms with E-state index in [1.54, 1.807) is 25.3 Å². The van der Waals surface area contributed by atoms with E-state index in [2.05, 4.69) is 0 Å². The van der Waals surface area contributed by atoms with E-state index in [1.165, 1.54) is 7.11 Å². The van der Waals surface area contributed by atoms with Crippen molar-refractivity contribution in [3.8, 4) is 11.5 Å². The Balaban J connectivity index is 2.39. The Morgan fingerprint density at radius 1 is 1.33 bits per heavy atom. The maximum atomic E-state index is 12.5. The summed E-state index contributed by atoms with van der Waals surface area (Å²) in [7, 11) is 3.09. The normalized spacial score (nSPS) is 16.8. The van der Waals surface area contributed by atoms with Gasteiger partial charge in [-0.15, -0.1) is 0 Å². The molecule has 0 aromatic heterocycles. The minimum absolute atomic E-state index is 0.0491. The van der Waals surface area contributed by atoms with Gasteiger partial charge in [-0.05, 0) is 31.0 Å². The fourth-order valence-electron chi connectivity index (χ4n) is 2.34. The number of benzene rings is 1. The van der Waals surface area contributed by atoms with Gasteiger partial charge >= 0.3 is 0 Å². The number of aliphatic hydroxyl groups excluding tert-OH is 1. The Bertz CT molecular complexity index is 444. The Morgan fingerprint density at radius 3 is 2.50 bits per heavy atom. The summed E-state index contributed by atoms with van der Waals surface area (Å²) in [5.41, 5.74) is -0.120. The number of Topliss-reactive ketones (excluding diaryl/α,β-unsaturated/α-hetero) is 1. The molecule has 0 heterocycles. The molecule has 1 aliphatic carbocycles. The molecule has 0 spiro atoms. The van der Waals surface area contributed by atoms with Crippen molar-refractivity contribution in [2.24, 2.45) is 5.41 Å². The lowest BCUT2D eigenvalue weighted by Crippen LogP contribution is -2.41. The first-order valence-electron chi connectivity index (χ1n) is 6.04. The average Bonchev–Trinajstić information content (AvgIpc) is 2.37. The molecule has 0 bridgehead atoms. The average molecular weight is 250 g/mol. The molecule has 0 amide bonds. The minimum atomic E-state index is -0.611. The number of hydrogen-bond donors (Lipinski definition) is 1. The van der Waals surface area contributed by atoms with E-state index in [0.717, 1.165) is 19.3 Å². The summed E-state index contributed by atoms with van der Waals surface area (Å²) < 4.78 is 10.3. The van der Waals surface area contributed by atoms with Crippen LogP contribution in [0.3, 0.4) is 0 Å². The highest BCUT2D eigenvalue weighted by molar-refractivity contribution is 6.03. The molecule has 4 nitrogen and oxygen atoms in total. The van der Waals surface area contributed by atoms with Gasteiger partial charge in [0.25, 0.3) is 0 Å². The van der Waals surface area contributed by atoms with Crippen LogP contribution in [0.1, 0.15) is 29.6 Å². The van der Waals surface area contributed by atoms with E-state index >= 15 is 0 Å². The van der Waals surface area contributed by atoms with Gasteiger partial charge in [-0.25, -0.2) is 0 Å². The molecule has 1 aliphatic rings. The molecule has 1 aromatic carbocycles. The Hall–Kier alpha value is -1.55. The summed E-state index contributed by atoms with van der Waals surface area (Å²) in [6, 6.07) is 5.15. The standard InChI is InChI=1S/C14H18O4/c1-17-10-4-5-12(18-2)11(8-10)13(16)14(9-15)6-3-7-14/h4-5,8,15H,3,6-7,9H2,1-2H3. The number of methoxy groups -OCH3 is 2. The van der Waals surface area contributed by atoms with Crippen molar-refractivity contribution >= 4 is 5.78 Å². The van der Waals surface area contributed by atoms with Crippen LogP contribution in [0.15, 0.2) is 18.2 Å². The first kappa shape index (κ1) is 12.9. The molecular formula is C14H18O4. The fourth-order valence-corrected chi connectivity index (χ4v) is 2.34. The van der Waals surface area contributed by atoms with Crippen molar-refractivity contribution in [3.05, 3.63) is 23.8 Å². The van der Waals surface area contributed by atoms with E-state index < -0.39 is 5.41 Å². The molecule has 0 saturated heterocycles. The van der Waals surface area contributed by atoms with Gasteiger partial charge in [-0.1, -0.05) is 6.42 Å². The molecule has 1 N–H and O–H groups in total. The van der Waals surface area contributed by atoms with Crippen molar-refractivity contribution in [1.29, 1.82) is 0 Å². The number of rotatable bonds is 5. The van der Waals surface area contributed by atoms with Crippen molar-refractivity contribution < 1.29 is 19.4 Å². The van der Waals surface area contributed by atoms with Crippen LogP contribution in [0, 0.1) is 5.41 Å². The van der Waals surface area contributed by atoms with Crippen molar-refractivity contribution in [2.45, 2.75) is 19.3 Å². The second-order valence-corrected chi connectivity index (χ2v) is 4.69. The van der Waals surface area contributed by atoms with Gasteiger partial charge in [0, 0.05) is 0 Å². The maximum absolute atomic E-state index is 12.5. The molecule has 1 fully saturated rings. The lowest BCUT2D eigenvalue weighted by atomic mass is 9.65. The van der Waals surface area contributed by atoms with Crippen LogP contribution in [-0.4, -0.2) is 31.7 Å². The zero-order valence-electron chi connectivity index (χ0n) is 10.7. The summed E-state index contributed by atoms with van der Waals surface area (Å²) >= 11 is 0. The number of ketones is 1. The highest BCUT2D eigenvalue weighted by Crippen LogP contribution is 2.44. The number of ether oxygens (including phenoxy) is 2. The van der Waals surface area contributed by atoms with Crippen molar-refractivity contribution in [2.75, 3.05) is 20.8 Å². The van der Waals surface area contributed by atoms with Crippen LogP contribution in [-0.2, 0) is 0 Å². The van der Waals surface area contributed by atoms with Gasteiger partial charge in [0.1, 0.15) is 11.5 Å². The van der Waals surface area contributed by atoms with Crippen LogP contribution in [0.5, 0.6) is 11.5 Å². The number of carbonyl (C=O) groups excluding carboxylic acids is 1. The van der Waals surface area contributed by atoms with E-state index in [9.17, 15) is 9.90 Å². The Kier molecular flexibility index (Phi) is 3.57. The lowest BCUT2D eigenvalue weighted by molar-refractivity contribution is 0.0345. The third-order valence-corrected chi connectivity index (χ3v) is 3.75. The molecule has 1 aromatic rings. The molecule has 18 heavy (non-hydrogen) atoms. The van der Waals surface area contributed by atoms with Gasteiger partial charge in [0.15, 0.2) is 5.78 Å². The number of hydrogen-bond acceptors (Lipinski definition) is 4. The predicted octanol–water partition coefficient (Wildman–Crippen LogP) is 2.05. The van der Waals surface area contributed by atoms with Gasteiger partial charge in [-0.3, -0.25) is 4.79 Å². The second-order valence-electron chi connectivity index (χ2n) is 4.69. The molecule has 98 valence electrons. The molecule has 2 rings (SSSR count). The van der Waals surface area contributed by atoms with Crippen LogP contribution >= 0.6 is 0 Å². The Labute approximate surface area is 107 Å². The lowest BCUT2D eigenvalue weighted by Gasteiger charge is -2.38. The van der Waals surface area contributed by atoms with Crippen LogP contribution in [0.25, 0.3) is 0 Å².